The third-order valence-corrected chi connectivity index (χ3v) is 3.00. The van der Waals surface area contributed by atoms with Crippen LogP contribution in [0.3, 0.4) is 0 Å². The summed E-state index contributed by atoms with van der Waals surface area (Å²) >= 11 is 0. The van der Waals surface area contributed by atoms with Crippen molar-refractivity contribution in [1.29, 1.82) is 0 Å². The van der Waals surface area contributed by atoms with E-state index in [9.17, 15) is 13.2 Å². The molecule has 0 saturated heterocycles. The highest BCUT2D eigenvalue weighted by Gasteiger charge is 2.10. The molecule has 1 aromatic rings. The molecule has 0 amide bonds. The van der Waals surface area contributed by atoms with Crippen molar-refractivity contribution in [3.63, 3.8) is 0 Å². The molecule has 84 valence electrons. The number of aliphatic hydroxyl groups excluding tert-OH is 1. The monoisotopic (exact) mass is 238 g/mol. The lowest BCUT2D eigenvalue weighted by atomic mass is 10.2. The van der Waals surface area contributed by atoms with E-state index < -0.39 is 33.7 Å². The molecular weight excluding hydrogens is 229 g/mol. The molecule has 1 aromatic carbocycles. The average molecular weight is 238 g/mol. The lowest BCUT2D eigenvalue weighted by Crippen LogP contribution is -2.15. The zero-order valence-corrected chi connectivity index (χ0v) is 9.00. The number of hydrogen-bond donors (Lipinski definition) is 2. The second kappa shape index (κ2) is 5.26. The molecule has 0 spiro atoms. The molecule has 7 heteroatoms. The molecule has 0 aromatic heterocycles. The van der Waals surface area contributed by atoms with Crippen LogP contribution < -0.4 is 0 Å². The van der Waals surface area contributed by atoms with Gasteiger partial charge in [0.25, 0.3) is 6.48 Å². The summed E-state index contributed by atoms with van der Waals surface area (Å²) < 4.78 is 42.6. The van der Waals surface area contributed by atoms with Gasteiger partial charge in [0.05, 0.1) is 0 Å². The second-order valence-electron chi connectivity index (χ2n) is 2.80. The molecular formula is C8H9F3O3Si. The van der Waals surface area contributed by atoms with E-state index in [-0.39, 0.29) is 11.6 Å². The van der Waals surface area contributed by atoms with Crippen molar-refractivity contribution in [2.75, 3.05) is 0 Å². The van der Waals surface area contributed by atoms with Crippen LogP contribution in [-0.4, -0.2) is 26.5 Å². The molecule has 15 heavy (non-hydrogen) atoms. The average Bonchev–Trinajstić information content (AvgIpc) is 2.13. The van der Waals surface area contributed by atoms with Crippen molar-refractivity contribution in [1.82, 2.24) is 0 Å². The fraction of sp³-hybridized carbons (Fsp3) is 0.250. The van der Waals surface area contributed by atoms with Crippen LogP contribution in [0.15, 0.2) is 12.1 Å². The lowest BCUT2D eigenvalue weighted by molar-refractivity contribution is -0.180. The van der Waals surface area contributed by atoms with E-state index in [0.717, 1.165) is 6.07 Å². The molecule has 0 atom stereocenters. The van der Waals surface area contributed by atoms with Gasteiger partial charge in [-0.25, -0.2) is 13.2 Å². The maximum absolute atomic E-state index is 13.0. The van der Waals surface area contributed by atoms with E-state index in [1.54, 1.807) is 0 Å². The van der Waals surface area contributed by atoms with E-state index >= 15 is 0 Å². The summed E-state index contributed by atoms with van der Waals surface area (Å²) in [4.78, 5) is 0. The first-order valence-electron chi connectivity index (χ1n) is 4.12. The topological polar surface area (TPSA) is 49.7 Å². The Hall–Kier alpha value is -0.893. The summed E-state index contributed by atoms with van der Waals surface area (Å²) in [7, 11) is -1.41. The van der Waals surface area contributed by atoms with Crippen LogP contribution in [0, 0.1) is 17.5 Å². The van der Waals surface area contributed by atoms with E-state index in [1.807, 2.05) is 0 Å². The van der Waals surface area contributed by atoms with Gasteiger partial charge in [-0.05, 0) is 17.7 Å². The van der Waals surface area contributed by atoms with Gasteiger partial charge in [0.2, 0.25) is 0 Å². The van der Waals surface area contributed by atoms with Crippen LogP contribution in [0.25, 0.3) is 0 Å². The summed E-state index contributed by atoms with van der Waals surface area (Å²) in [5.41, 5.74) is -0.0267. The Morgan fingerprint density at radius 1 is 1.13 bits per heavy atom. The van der Waals surface area contributed by atoms with Crippen molar-refractivity contribution in [3.05, 3.63) is 35.1 Å². The molecule has 0 fully saturated rings. The molecule has 0 heterocycles. The standard InChI is InChI=1S/C8H9F3O3Si/c9-5-2-7(11)6(10)1-4(5)3-15-14-8(12)13/h1-2,8,12-13H,3,15H2. The summed E-state index contributed by atoms with van der Waals surface area (Å²) in [6.07, 6.45) is 0. The van der Waals surface area contributed by atoms with E-state index in [0.29, 0.717) is 6.07 Å². The molecule has 0 bridgehead atoms. The molecule has 0 saturated carbocycles. The molecule has 0 radical (unpaired) electrons. The summed E-state index contributed by atoms with van der Waals surface area (Å²) in [6.45, 7) is -1.90. The maximum Gasteiger partial charge on any atom is 0.256 e. The lowest BCUT2D eigenvalue weighted by Gasteiger charge is -2.06. The minimum atomic E-state index is -1.90. The first-order chi connectivity index (χ1) is 7.00. The number of hydrogen-bond acceptors (Lipinski definition) is 3. The van der Waals surface area contributed by atoms with Gasteiger partial charge in [0, 0.05) is 6.07 Å². The third-order valence-electron chi connectivity index (χ3n) is 1.73. The van der Waals surface area contributed by atoms with Crippen molar-refractivity contribution < 1.29 is 27.8 Å². The quantitative estimate of drug-likeness (QED) is 0.440. The highest BCUT2D eigenvalue weighted by molar-refractivity contribution is 6.26. The molecule has 0 aliphatic rings. The fourth-order valence-electron chi connectivity index (χ4n) is 1.03. The van der Waals surface area contributed by atoms with Gasteiger partial charge < -0.3 is 14.6 Å². The Bertz CT molecular complexity index is 346. The SMILES string of the molecule is OC(O)O[SiH2]Cc1cc(F)c(F)cc1F. The molecule has 3 nitrogen and oxygen atoms in total. The summed E-state index contributed by atoms with van der Waals surface area (Å²) in [5, 5.41) is 16.7. The van der Waals surface area contributed by atoms with Crippen molar-refractivity contribution in [3.8, 4) is 0 Å². The number of aliphatic hydroxyl groups is 2. The van der Waals surface area contributed by atoms with Crippen LogP contribution in [0.1, 0.15) is 5.56 Å². The smallest absolute Gasteiger partial charge is 0.256 e. The Balaban J connectivity index is 2.65. The maximum atomic E-state index is 13.0. The van der Waals surface area contributed by atoms with Gasteiger partial charge in [0.15, 0.2) is 21.4 Å². The molecule has 0 unspecified atom stereocenters. The Morgan fingerprint density at radius 2 is 1.73 bits per heavy atom. The number of benzene rings is 1. The first kappa shape index (κ1) is 12.2. The zero-order chi connectivity index (χ0) is 11.4. The Kier molecular flexibility index (Phi) is 4.27. The fourth-order valence-corrected chi connectivity index (χ4v) is 1.96. The zero-order valence-electron chi connectivity index (χ0n) is 7.58. The highest BCUT2D eigenvalue weighted by Crippen LogP contribution is 2.13. The van der Waals surface area contributed by atoms with Gasteiger partial charge in [-0.3, -0.25) is 0 Å². The highest BCUT2D eigenvalue weighted by atomic mass is 28.2. The van der Waals surface area contributed by atoms with Crippen LogP contribution in [0.2, 0.25) is 0 Å². The normalized spacial score (nSPS) is 11.9. The van der Waals surface area contributed by atoms with Crippen molar-refractivity contribution in [2.45, 2.75) is 12.5 Å². The largest absolute Gasteiger partial charge is 0.379 e. The van der Waals surface area contributed by atoms with Gasteiger partial charge in [-0.15, -0.1) is 0 Å². The molecule has 0 aliphatic heterocycles. The summed E-state index contributed by atoms with van der Waals surface area (Å²) in [5.74, 6) is -3.25. The molecule has 0 aliphatic carbocycles. The van der Waals surface area contributed by atoms with Crippen LogP contribution in [-0.2, 0) is 10.5 Å². The number of rotatable bonds is 4. The summed E-state index contributed by atoms with van der Waals surface area (Å²) in [6, 6.07) is 1.25. The second-order valence-corrected chi connectivity index (χ2v) is 4.05. The Morgan fingerprint density at radius 3 is 2.33 bits per heavy atom. The van der Waals surface area contributed by atoms with Crippen molar-refractivity contribution in [2.24, 2.45) is 0 Å². The van der Waals surface area contributed by atoms with Crippen LogP contribution in [0.5, 0.6) is 0 Å². The Labute approximate surface area is 86.1 Å². The van der Waals surface area contributed by atoms with Gasteiger partial charge in [-0.2, -0.15) is 0 Å². The van der Waals surface area contributed by atoms with E-state index in [4.69, 9.17) is 10.2 Å². The van der Waals surface area contributed by atoms with Crippen LogP contribution >= 0.6 is 0 Å². The van der Waals surface area contributed by atoms with Gasteiger partial charge in [-0.1, -0.05) is 0 Å². The molecule has 1 rings (SSSR count). The van der Waals surface area contributed by atoms with Gasteiger partial charge >= 0.3 is 0 Å². The minimum absolute atomic E-state index is 0.0267. The third kappa shape index (κ3) is 3.63. The van der Waals surface area contributed by atoms with E-state index in [1.165, 1.54) is 0 Å². The minimum Gasteiger partial charge on any atom is -0.379 e. The van der Waals surface area contributed by atoms with E-state index in [2.05, 4.69) is 4.43 Å². The predicted octanol–water partition coefficient (Wildman–Crippen LogP) is -0.0275. The first-order valence-corrected chi connectivity index (χ1v) is 5.69. The van der Waals surface area contributed by atoms with Crippen LogP contribution in [0.4, 0.5) is 13.2 Å². The predicted molar refractivity (Wildman–Crippen MR) is 47.9 cm³/mol. The van der Waals surface area contributed by atoms with Gasteiger partial charge in [0.1, 0.15) is 5.82 Å². The van der Waals surface area contributed by atoms with Crippen molar-refractivity contribution >= 4 is 9.76 Å². The molecule has 2 N–H and O–H groups in total. The number of halogens is 3.